The Morgan fingerprint density at radius 1 is 1.07 bits per heavy atom. The number of rotatable bonds is 6. The van der Waals surface area contributed by atoms with E-state index in [2.05, 4.69) is 5.32 Å². The fourth-order valence-corrected chi connectivity index (χ4v) is 3.52. The molecule has 0 bridgehead atoms. The zero-order chi connectivity index (χ0) is 19.9. The molecule has 0 atom stereocenters. The number of benzene rings is 2. The van der Waals surface area contributed by atoms with Gasteiger partial charge in [0.05, 0.1) is 13.0 Å². The van der Waals surface area contributed by atoms with Crippen molar-refractivity contribution in [2.75, 3.05) is 25.0 Å². The minimum atomic E-state index is -0.0610. The molecule has 3 rings (SSSR count). The summed E-state index contributed by atoms with van der Waals surface area (Å²) >= 11 is 0. The fourth-order valence-electron chi connectivity index (χ4n) is 3.52. The molecule has 1 fully saturated rings. The molecule has 5 heteroatoms. The summed E-state index contributed by atoms with van der Waals surface area (Å²) in [4.78, 5) is 27.0. The molecule has 0 unspecified atom stereocenters. The number of amides is 2. The molecule has 2 aromatic rings. The van der Waals surface area contributed by atoms with E-state index in [-0.39, 0.29) is 17.7 Å². The highest BCUT2D eigenvalue weighted by Gasteiger charge is 2.27. The van der Waals surface area contributed by atoms with E-state index < -0.39 is 0 Å². The number of likely N-dealkylation sites (tertiary alicyclic amines) is 1. The average Bonchev–Trinajstić information content (AvgIpc) is 2.71. The molecule has 2 aromatic carbocycles. The number of nitrogens with one attached hydrogen (secondary N) is 1. The molecule has 1 aliphatic rings. The summed E-state index contributed by atoms with van der Waals surface area (Å²) < 4.78 is 5.42. The molecule has 1 N–H and O–H groups in total. The summed E-state index contributed by atoms with van der Waals surface area (Å²) in [6.45, 7) is 5.85. The first-order valence-corrected chi connectivity index (χ1v) is 9.93. The predicted octanol–water partition coefficient (Wildman–Crippen LogP) is 3.81. The topological polar surface area (TPSA) is 58.6 Å². The average molecular weight is 380 g/mol. The summed E-state index contributed by atoms with van der Waals surface area (Å²) in [5.74, 6) is 0.893. The van der Waals surface area contributed by atoms with E-state index in [9.17, 15) is 9.59 Å². The Kier molecular flexibility index (Phi) is 6.69. The number of hydrogen-bond donors (Lipinski definition) is 1. The van der Waals surface area contributed by atoms with Crippen LogP contribution in [-0.4, -0.2) is 36.4 Å². The fraction of sp³-hybridized carbons (Fsp3) is 0.391. The predicted molar refractivity (Wildman–Crippen MR) is 110 cm³/mol. The van der Waals surface area contributed by atoms with Gasteiger partial charge in [0.1, 0.15) is 5.75 Å². The highest BCUT2D eigenvalue weighted by Crippen LogP contribution is 2.22. The second-order valence-electron chi connectivity index (χ2n) is 7.20. The van der Waals surface area contributed by atoms with Gasteiger partial charge < -0.3 is 15.0 Å². The van der Waals surface area contributed by atoms with E-state index in [1.165, 1.54) is 0 Å². The maximum Gasteiger partial charge on any atom is 0.227 e. The molecule has 2 amide bonds. The number of piperidine rings is 1. The molecule has 148 valence electrons. The van der Waals surface area contributed by atoms with E-state index in [1.807, 2.05) is 67.3 Å². The minimum absolute atomic E-state index is 0.0233. The lowest BCUT2D eigenvalue weighted by atomic mass is 9.95. The van der Waals surface area contributed by atoms with Crippen molar-refractivity contribution in [1.29, 1.82) is 0 Å². The third-order valence-electron chi connectivity index (χ3n) is 5.25. The van der Waals surface area contributed by atoms with Gasteiger partial charge in [0.25, 0.3) is 0 Å². The van der Waals surface area contributed by atoms with E-state index in [0.29, 0.717) is 39.0 Å². The number of nitrogens with zero attached hydrogens (tertiary/aromatic N) is 1. The Bertz CT molecular complexity index is 809. The monoisotopic (exact) mass is 380 g/mol. The Labute approximate surface area is 166 Å². The van der Waals surface area contributed by atoms with Gasteiger partial charge in [-0.25, -0.2) is 0 Å². The number of anilines is 1. The van der Waals surface area contributed by atoms with E-state index in [0.717, 1.165) is 22.6 Å². The second-order valence-corrected chi connectivity index (χ2v) is 7.20. The van der Waals surface area contributed by atoms with Crippen LogP contribution in [0.1, 0.15) is 30.9 Å². The normalized spacial score (nSPS) is 14.6. The van der Waals surface area contributed by atoms with Crippen LogP contribution < -0.4 is 10.1 Å². The number of carbonyl (C=O) groups is 2. The zero-order valence-corrected chi connectivity index (χ0v) is 16.6. The molecule has 28 heavy (non-hydrogen) atoms. The highest BCUT2D eigenvalue weighted by molar-refractivity contribution is 5.92. The maximum atomic E-state index is 12.6. The van der Waals surface area contributed by atoms with Crippen molar-refractivity contribution in [3.63, 3.8) is 0 Å². The number of carbonyl (C=O) groups excluding carboxylic acids is 2. The maximum absolute atomic E-state index is 12.6. The van der Waals surface area contributed by atoms with Crippen LogP contribution in [0.4, 0.5) is 5.69 Å². The van der Waals surface area contributed by atoms with Crippen molar-refractivity contribution in [2.24, 2.45) is 5.92 Å². The quantitative estimate of drug-likeness (QED) is 0.829. The Morgan fingerprint density at radius 3 is 2.39 bits per heavy atom. The minimum Gasteiger partial charge on any atom is -0.494 e. The van der Waals surface area contributed by atoms with Crippen LogP contribution in [0.15, 0.2) is 48.5 Å². The van der Waals surface area contributed by atoms with Gasteiger partial charge in [-0.2, -0.15) is 0 Å². The largest absolute Gasteiger partial charge is 0.494 e. The van der Waals surface area contributed by atoms with Crippen molar-refractivity contribution >= 4 is 17.5 Å². The summed E-state index contributed by atoms with van der Waals surface area (Å²) in [6.07, 6.45) is 1.82. The van der Waals surface area contributed by atoms with E-state index in [1.54, 1.807) is 0 Å². The SMILES string of the molecule is CCOc1ccc(NC(=O)C2CCN(C(=O)Cc3ccccc3C)CC2)cc1. The van der Waals surface area contributed by atoms with Gasteiger partial charge >= 0.3 is 0 Å². The first-order valence-electron chi connectivity index (χ1n) is 9.93. The first-order chi connectivity index (χ1) is 13.6. The van der Waals surface area contributed by atoms with E-state index in [4.69, 9.17) is 4.74 Å². The van der Waals surface area contributed by atoms with Crippen molar-refractivity contribution in [2.45, 2.75) is 33.1 Å². The molecule has 0 aliphatic carbocycles. The third kappa shape index (κ3) is 5.12. The molecule has 1 heterocycles. The molecular weight excluding hydrogens is 352 g/mol. The molecule has 0 aromatic heterocycles. The van der Waals surface area contributed by atoms with Gasteiger partial charge in [0, 0.05) is 24.7 Å². The lowest BCUT2D eigenvalue weighted by molar-refractivity contribution is -0.133. The lowest BCUT2D eigenvalue weighted by Crippen LogP contribution is -2.42. The Hall–Kier alpha value is -2.82. The van der Waals surface area contributed by atoms with Gasteiger partial charge in [0.2, 0.25) is 11.8 Å². The first kappa shape index (κ1) is 19.9. The zero-order valence-electron chi connectivity index (χ0n) is 16.6. The van der Waals surface area contributed by atoms with Gasteiger partial charge in [-0.15, -0.1) is 0 Å². The number of ether oxygens (including phenoxy) is 1. The molecule has 1 saturated heterocycles. The van der Waals surface area contributed by atoms with Crippen LogP contribution in [0.5, 0.6) is 5.75 Å². The van der Waals surface area contributed by atoms with Crippen molar-refractivity contribution < 1.29 is 14.3 Å². The molecule has 1 aliphatic heterocycles. The molecular formula is C23H28N2O3. The Balaban J connectivity index is 1.48. The van der Waals surface area contributed by atoms with Crippen LogP contribution >= 0.6 is 0 Å². The summed E-state index contributed by atoms with van der Waals surface area (Å²) in [5.41, 5.74) is 2.98. The van der Waals surface area contributed by atoms with Crippen LogP contribution in [0.25, 0.3) is 0 Å². The molecule has 0 radical (unpaired) electrons. The Morgan fingerprint density at radius 2 is 1.75 bits per heavy atom. The molecule has 0 spiro atoms. The summed E-state index contributed by atoms with van der Waals surface area (Å²) in [5, 5.41) is 2.97. The smallest absolute Gasteiger partial charge is 0.227 e. The molecule has 0 saturated carbocycles. The van der Waals surface area contributed by atoms with Gasteiger partial charge in [-0.3, -0.25) is 9.59 Å². The van der Waals surface area contributed by atoms with Crippen LogP contribution in [0.3, 0.4) is 0 Å². The highest BCUT2D eigenvalue weighted by atomic mass is 16.5. The van der Waals surface area contributed by atoms with Gasteiger partial charge in [-0.05, 0) is 62.1 Å². The van der Waals surface area contributed by atoms with Gasteiger partial charge in [0.15, 0.2) is 0 Å². The van der Waals surface area contributed by atoms with Crippen LogP contribution in [-0.2, 0) is 16.0 Å². The third-order valence-corrected chi connectivity index (χ3v) is 5.25. The number of hydrogen-bond acceptors (Lipinski definition) is 3. The van der Waals surface area contributed by atoms with Crippen molar-refractivity contribution in [1.82, 2.24) is 4.90 Å². The molecule has 5 nitrogen and oxygen atoms in total. The van der Waals surface area contributed by atoms with Gasteiger partial charge in [-0.1, -0.05) is 24.3 Å². The summed E-state index contributed by atoms with van der Waals surface area (Å²) in [6, 6.07) is 15.4. The standard InChI is InChI=1S/C23H28N2O3/c1-3-28-21-10-8-20(9-11-21)24-23(27)18-12-14-25(15-13-18)22(26)16-19-7-5-4-6-17(19)2/h4-11,18H,3,12-16H2,1-2H3,(H,24,27). The van der Waals surface area contributed by atoms with E-state index >= 15 is 0 Å². The number of aryl methyl sites for hydroxylation is 1. The lowest BCUT2D eigenvalue weighted by Gasteiger charge is -2.31. The summed E-state index contributed by atoms with van der Waals surface area (Å²) in [7, 11) is 0. The van der Waals surface area contributed by atoms with Crippen LogP contribution in [0, 0.1) is 12.8 Å². The second kappa shape index (κ2) is 9.40. The van der Waals surface area contributed by atoms with Crippen molar-refractivity contribution in [3.05, 3.63) is 59.7 Å². The van der Waals surface area contributed by atoms with Crippen molar-refractivity contribution in [3.8, 4) is 5.75 Å². The van der Waals surface area contributed by atoms with Crippen LogP contribution in [0.2, 0.25) is 0 Å².